The number of nitrogens with zero attached hydrogens (tertiary/aromatic N) is 1. The molecule has 1 aromatic carbocycles. The van der Waals surface area contributed by atoms with Gasteiger partial charge >= 0.3 is 0 Å². The molecule has 2 aliphatic rings. The second-order valence-electron chi connectivity index (χ2n) is 6.13. The Hall–Kier alpha value is -1.23. The summed E-state index contributed by atoms with van der Waals surface area (Å²) in [4.78, 5) is 25.9. The van der Waals surface area contributed by atoms with Crippen LogP contribution in [0.5, 0.6) is 0 Å². The van der Waals surface area contributed by atoms with E-state index < -0.39 is 5.82 Å². The van der Waals surface area contributed by atoms with Crippen molar-refractivity contribution in [2.24, 2.45) is 5.41 Å². The van der Waals surface area contributed by atoms with Gasteiger partial charge in [-0.05, 0) is 36.5 Å². The van der Waals surface area contributed by atoms with Crippen molar-refractivity contribution in [1.82, 2.24) is 0 Å². The van der Waals surface area contributed by atoms with E-state index in [0.717, 1.165) is 30.6 Å². The Bertz CT molecular complexity index is 576. The van der Waals surface area contributed by atoms with Crippen LogP contribution < -0.4 is 4.90 Å². The molecule has 2 amide bonds. The first-order chi connectivity index (χ1) is 10.0. The molecule has 1 aliphatic carbocycles. The van der Waals surface area contributed by atoms with Gasteiger partial charge in [-0.3, -0.25) is 9.59 Å². The summed E-state index contributed by atoms with van der Waals surface area (Å²) in [6.45, 7) is 0. The van der Waals surface area contributed by atoms with E-state index in [-0.39, 0.29) is 22.9 Å². The fourth-order valence-corrected chi connectivity index (χ4v) is 3.92. The molecule has 5 heteroatoms. The van der Waals surface area contributed by atoms with Gasteiger partial charge in [0, 0.05) is 17.3 Å². The molecule has 2 fully saturated rings. The summed E-state index contributed by atoms with van der Waals surface area (Å²) in [6.07, 6.45) is 5.90. The van der Waals surface area contributed by atoms with E-state index in [4.69, 9.17) is 0 Å². The molecule has 1 spiro atoms. The van der Waals surface area contributed by atoms with Crippen LogP contribution in [0.25, 0.3) is 0 Å². The Kier molecular flexibility index (Phi) is 3.86. The monoisotopic (exact) mass is 353 g/mol. The third-order valence-electron chi connectivity index (χ3n) is 4.62. The number of rotatable bonds is 1. The van der Waals surface area contributed by atoms with Gasteiger partial charge < -0.3 is 0 Å². The van der Waals surface area contributed by atoms with E-state index in [9.17, 15) is 14.0 Å². The molecule has 1 heterocycles. The highest BCUT2D eigenvalue weighted by Crippen LogP contribution is 2.46. The van der Waals surface area contributed by atoms with Gasteiger partial charge in [0.2, 0.25) is 11.8 Å². The second-order valence-corrected chi connectivity index (χ2v) is 7.05. The number of anilines is 1. The van der Waals surface area contributed by atoms with Gasteiger partial charge in [-0.15, -0.1) is 0 Å². The van der Waals surface area contributed by atoms with E-state index in [1.54, 1.807) is 6.07 Å². The largest absolute Gasteiger partial charge is 0.274 e. The Morgan fingerprint density at radius 1 is 1.05 bits per heavy atom. The summed E-state index contributed by atoms with van der Waals surface area (Å²) >= 11 is 3.18. The second kappa shape index (κ2) is 5.52. The van der Waals surface area contributed by atoms with E-state index >= 15 is 0 Å². The summed E-state index contributed by atoms with van der Waals surface area (Å²) in [6, 6.07) is 4.40. The van der Waals surface area contributed by atoms with Crippen LogP contribution in [0, 0.1) is 11.2 Å². The third-order valence-corrected chi connectivity index (χ3v) is 5.11. The van der Waals surface area contributed by atoms with Crippen LogP contribution in [0.1, 0.15) is 44.9 Å². The SMILES string of the molecule is O=C1CC2(CCCCC2)CC(=O)N1c1ccc(Br)cc1F. The molecule has 0 aromatic heterocycles. The number of amides is 2. The molecule has 1 saturated heterocycles. The zero-order valence-corrected chi connectivity index (χ0v) is 13.3. The lowest BCUT2D eigenvalue weighted by molar-refractivity contribution is -0.134. The molecule has 0 radical (unpaired) electrons. The van der Waals surface area contributed by atoms with Gasteiger partial charge in [0.05, 0.1) is 5.69 Å². The van der Waals surface area contributed by atoms with Crippen molar-refractivity contribution in [3.8, 4) is 0 Å². The molecule has 112 valence electrons. The van der Waals surface area contributed by atoms with Crippen molar-refractivity contribution in [2.45, 2.75) is 44.9 Å². The van der Waals surface area contributed by atoms with Crippen molar-refractivity contribution >= 4 is 33.4 Å². The maximum Gasteiger partial charge on any atom is 0.234 e. The smallest absolute Gasteiger partial charge is 0.234 e. The molecular formula is C16H17BrFNO2. The van der Waals surface area contributed by atoms with Gasteiger partial charge in [-0.25, -0.2) is 9.29 Å². The summed E-state index contributed by atoms with van der Waals surface area (Å²) < 4.78 is 14.6. The number of piperidine rings is 1. The Labute approximate surface area is 131 Å². The minimum atomic E-state index is -0.550. The summed E-state index contributed by atoms with van der Waals surface area (Å²) in [5, 5.41) is 0. The first-order valence-electron chi connectivity index (χ1n) is 7.32. The van der Waals surface area contributed by atoms with E-state index in [1.807, 2.05) is 0 Å². The number of carbonyl (C=O) groups is 2. The predicted molar refractivity (Wildman–Crippen MR) is 81.3 cm³/mol. The lowest BCUT2D eigenvalue weighted by atomic mass is 9.67. The number of hydrogen-bond acceptors (Lipinski definition) is 2. The average molecular weight is 354 g/mol. The molecule has 1 aliphatic heterocycles. The van der Waals surface area contributed by atoms with Crippen LogP contribution in [-0.4, -0.2) is 11.8 Å². The van der Waals surface area contributed by atoms with Crippen molar-refractivity contribution < 1.29 is 14.0 Å². The number of benzene rings is 1. The van der Waals surface area contributed by atoms with Gasteiger partial charge in [0.25, 0.3) is 0 Å². The molecule has 1 aromatic rings. The average Bonchev–Trinajstić information content (AvgIpc) is 2.41. The van der Waals surface area contributed by atoms with E-state index in [0.29, 0.717) is 17.3 Å². The minimum Gasteiger partial charge on any atom is -0.274 e. The standard InChI is InChI=1S/C16H17BrFNO2/c17-11-4-5-13(12(18)8-11)19-14(20)9-16(10-15(19)21)6-2-1-3-7-16/h4-5,8H,1-3,6-7,9-10H2. The van der Waals surface area contributed by atoms with Crippen LogP contribution in [-0.2, 0) is 9.59 Å². The van der Waals surface area contributed by atoms with Crippen LogP contribution in [0.15, 0.2) is 22.7 Å². The predicted octanol–water partition coefficient (Wildman–Crippen LogP) is 4.19. The highest BCUT2D eigenvalue weighted by Gasteiger charge is 2.44. The quantitative estimate of drug-likeness (QED) is 0.709. The zero-order chi connectivity index (χ0) is 15.0. The van der Waals surface area contributed by atoms with Crippen molar-refractivity contribution in [3.63, 3.8) is 0 Å². The van der Waals surface area contributed by atoms with E-state index in [1.165, 1.54) is 18.6 Å². The summed E-state index contributed by atoms with van der Waals surface area (Å²) in [5.41, 5.74) is -0.103. The number of carbonyl (C=O) groups excluding carboxylic acids is 2. The lowest BCUT2D eigenvalue weighted by Gasteiger charge is -2.42. The maximum atomic E-state index is 14.0. The minimum absolute atomic E-state index is 0.0684. The molecular weight excluding hydrogens is 337 g/mol. The summed E-state index contributed by atoms with van der Waals surface area (Å²) in [5.74, 6) is -1.09. The van der Waals surface area contributed by atoms with E-state index in [2.05, 4.69) is 15.9 Å². The number of imide groups is 1. The third kappa shape index (κ3) is 2.76. The first kappa shape index (κ1) is 14.7. The number of halogens is 2. The molecule has 3 rings (SSSR count). The van der Waals surface area contributed by atoms with Gasteiger partial charge in [-0.2, -0.15) is 0 Å². The van der Waals surface area contributed by atoms with Gasteiger partial charge in [0.1, 0.15) is 5.82 Å². The Morgan fingerprint density at radius 3 is 2.24 bits per heavy atom. The van der Waals surface area contributed by atoms with Crippen molar-refractivity contribution in [1.29, 1.82) is 0 Å². The molecule has 21 heavy (non-hydrogen) atoms. The number of hydrogen-bond donors (Lipinski definition) is 0. The molecule has 3 nitrogen and oxygen atoms in total. The highest BCUT2D eigenvalue weighted by molar-refractivity contribution is 9.10. The molecule has 0 atom stereocenters. The van der Waals surface area contributed by atoms with Gasteiger partial charge in [0.15, 0.2) is 0 Å². The Balaban J connectivity index is 1.88. The molecule has 0 unspecified atom stereocenters. The lowest BCUT2D eigenvalue weighted by Crippen LogP contribution is -2.49. The van der Waals surface area contributed by atoms with Gasteiger partial charge in [-0.1, -0.05) is 35.2 Å². The van der Waals surface area contributed by atoms with Crippen LogP contribution >= 0.6 is 15.9 Å². The normalized spacial score (nSPS) is 21.9. The molecule has 0 N–H and O–H groups in total. The van der Waals surface area contributed by atoms with Crippen LogP contribution in [0.2, 0.25) is 0 Å². The van der Waals surface area contributed by atoms with Crippen molar-refractivity contribution in [2.75, 3.05) is 4.90 Å². The topological polar surface area (TPSA) is 37.4 Å². The summed E-state index contributed by atoms with van der Waals surface area (Å²) in [7, 11) is 0. The molecule has 0 bridgehead atoms. The zero-order valence-electron chi connectivity index (χ0n) is 11.7. The fraction of sp³-hybridized carbons (Fsp3) is 0.500. The van der Waals surface area contributed by atoms with Crippen LogP contribution in [0.3, 0.4) is 0 Å². The van der Waals surface area contributed by atoms with Crippen molar-refractivity contribution in [3.05, 3.63) is 28.5 Å². The highest BCUT2D eigenvalue weighted by atomic mass is 79.9. The first-order valence-corrected chi connectivity index (χ1v) is 8.11. The maximum absolute atomic E-state index is 14.0. The molecule has 1 saturated carbocycles. The Morgan fingerprint density at radius 2 is 1.67 bits per heavy atom. The van der Waals surface area contributed by atoms with Crippen LogP contribution in [0.4, 0.5) is 10.1 Å². The fourth-order valence-electron chi connectivity index (χ4n) is 3.59.